The first-order chi connectivity index (χ1) is 21.8. The van der Waals surface area contributed by atoms with Crippen LogP contribution in [0.25, 0.3) is 4.47 Å². The standard InChI is InChI=1S/C42H34Se2/c1-7-19-33(20-8-1)31-43-39(35-23-11-3-12-24-35)40-41(36-25-13-4-14-26-36,37-27-15-5-16-28-37)42(40,38-29-17-6-18-30-38)44-32-34-21-9-2-10-22-34/h1-30H,31-32H2/b40-39-. The molecule has 0 amide bonds. The fourth-order valence-corrected chi connectivity index (χ4v) is 13.3. The Morgan fingerprint density at radius 2 is 0.795 bits per heavy atom. The van der Waals surface area contributed by atoms with E-state index in [-0.39, 0.29) is 39.6 Å². The van der Waals surface area contributed by atoms with Crippen molar-refractivity contribution in [1.82, 2.24) is 0 Å². The molecule has 0 heterocycles. The van der Waals surface area contributed by atoms with Gasteiger partial charge in [0.2, 0.25) is 0 Å². The Kier molecular flexibility index (Phi) is 8.52. The molecule has 1 unspecified atom stereocenters. The second-order valence-electron chi connectivity index (χ2n) is 11.1. The molecular formula is C42H34Se2. The third-order valence-electron chi connectivity index (χ3n) is 8.57. The second-order valence-corrected chi connectivity index (χ2v) is 15.7. The van der Waals surface area contributed by atoms with Gasteiger partial charge in [0.1, 0.15) is 0 Å². The number of benzene rings is 6. The first-order valence-electron chi connectivity index (χ1n) is 15.2. The van der Waals surface area contributed by atoms with E-state index in [0.29, 0.717) is 0 Å². The van der Waals surface area contributed by atoms with Crippen molar-refractivity contribution < 1.29 is 0 Å². The molecule has 0 spiro atoms. The third kappa shape index (κ3) is 5.23. The Balaban J connectivity index is 1.55. The SMILES string of the molecule is c1ccc(C[Se]/C(=C2\C([Se]Cc3ccccc3)(c3ccccc3)C2(c2ccccc2)c2ccccc2)c2ccccc2)cc1. The second kappa shape index (κ2) is 13.0. The zero-order chi connectivity index (χ0) is 29.7. The first-order valence-corrected chi connectivity index (χ1v) is 19.3. The molecule has 0 bridgehead atoms. The summed E-state index contributed by atoms with van der Waals surface area (Å²) in [6, 6.07) is 67.6. The fraction of sp³-hybridized carbons (Fsp3) is 0.0952. The Morgan fingerprint density at radius 3 is 1.27 bits per heavy atom. The number of allylic oxidation sites excluding steroid dienone is 1. The first kappa shape index (κ1) is 28.8. The van der Waals surface area contributed by atoms with E-state index in [0.717, 1.165) is 10.6 Å². The molecule has 2 heteroatoms. The number of hydrogen-bond acceptors (Lipinski definition) is 0. The number of hydrogen-bond donors (Lipinski definition) is 0. The van der Waals surface area contributed by atoms with Crippen molar-refractivity contribution in [2.75, 3.05) is 0 Å². The Bertz CT molecular complexity index is 1780. The predicted molar refractivity (Wildman–Crippen MR) is 187 cm³/mol. The molecule has 0 aromatic heterocycles. The van der Waals surface area contributed by atoms with Crippen molar-refractivity contribution in [3.8, 4) is 0 Å². The predicted octanol–water partition coefficient (Wildman–Crippen LogP) is 9.10. The summed E-state index contributed by atoms with van der Waals surface area (Å²) >= 11 is 0.450. The molecule has 0 radical (unpaired) electrons. The monoisotopic (exact) mass is 698 g/mol. The van der Waals surface area contributed by atoms with Gasteiger partial charge in [0, 0.05) is 0 Å². The Hall–Kier alpha value is -3.90. The van der Waals surface area contributed by atoms with Crippen LogP contribution in [0.2, 0.25) is 0 Å². The molecule has 0 N–H and O–H groups in total. The van der Waals surface area contributed by atoms with Gasteiger partial charge in [-0.1, -0.05) is 0 Å². The minimum absolute atomic E-state index is 0.135. The molecule has 1 aliphatic carbocycles. The van der Waals surface area contributed by atoms with Gasteiger partial charge in [-0.15, -0.1) is 0 Å². The van der Waals surface area contributed by atoms with E-state index in [9.17, 15) is 0 Å². The van der Waals surface area contributed by atoms with Crippen molar-refractivity contribution in [2.24, 2.45) is 0 Å². The van der Waals surface area contributed by atoms with Crippen LogP contribution in [0.3, 0.4) is 0 Å². The minimum atomic E-state index is -0.255. The van der Waals surface area contributed by atoms with Gasteiger partial charge >= 0.3 is 276 Å². The zero-order valence-electron chi connectivity index (χ0n) is 24.6. The summed E-state index contributed by atoms with van der Waals surface area (Å²) in [4.78, 5) is 0. The van der Waals surface area contributed by atoms with Gasteiger partial charge in [-0.3, -0.25) is 0 Å². The van der Waals surface area contributed by atoms with Gasteiger partial charge in [-0.05, 0) is 0 Å². The van der Waals surface area contributed by atoms with Crippen LogP contribution in [-0.2, 0) is 20.4 Å². The molecule has 6 aromatic carbocycles. The third-order valence-corrected chi connectivity index (χ3v) is 14.6. The van der Waals surface area contributed by atoms with E-state index in [2.05, 4.69) is 182 Å². The van der Waals surface area contributed by atoms with Crippen LogP contribution in [0.5, 0.6) is 0 Å². The van der Waals surface area contributed by atoms with Crippen LogP contribution in [0, 0.1) is 0 Å². The normalized spacial score (nSPS) is 18.0. The van der Waals surface area contributed by atoms with Crippen molar-refractivity contribution in [3.63, 3.8) is 0 Å². The molecule has 214 valence electrons. The summed E-state index contributed by atoms with van der Waals surface area (Å²) in [5.74, 6) is 0. The van der Waals surface area contributed by atoms with Gasteiger partial charge < -0.3 is 0 Å². The maximum atomic E-state index is 2.40. The van der Waals surface area contributed by atoms with Crippen LogP contribution in [-0.4, -0.2) is 29.9 Å². The average Bonchev–Trinajstić information content (AvgIpc) is 3.74. The van der Waals surface area contributed by atoms with Crippen LogP contribution in [0.15, 0.2) is 188 Å². The Labute approximate surface area is 274 Å². The van der Waals surface area contributed by atoms with E-state index in [1.807, 2.05) is 0 Å². The molecule has 44 heavy (non-hydrogen) atoms. The van der Waals surface area contributed by atoms with Gasteiger partial charge in [0.25, 0.3) is 0 Å². The summed E-state index contributed by atoms with van der Waals surface area (Å²) in [5.41, 5.74) is 9.76. The van der Waals surface area contributed by atoms with Crippen molar-refractivity contribution in [2.45, 2.75) is 20.4 Å². The molecule has 1 aliphatic rings. The van der Waals surface area contributed by atoms with Crippen LogP contribution < -0.4 is 0 Å². The van der Waals surface area contributed by atoms with E-state index < -0.39 is 0 Å². The Morgan fingerprint density at radius 1 is 0.409 bits per heavy atom. The fourth-order valence-electron chi connectivity index (χ4n) is 6.63. The molecule has 0 saturated heterocycles. The van der Waals surface area contributed by atoms with E-state index in [4.69, 9.17) is 0 Å². The molecule has 6 aromatic rings. The molecule has 1 atom stereocenters. The van der Waals surface area contributed by atoms with Gasteiger partial charge in [-0.25, -0.2) is 0 Å². The van der Waals surface area contributed by atoms with Crippen molar-refractivity contribution >= 4 is 34.4 Å². The van der Waals surface area contributed by atoms with Crippen LogP contribution in [0.4, 0.5) is 0 Å². The van der Waals surface area contributed by atoms with Crippen LogP contribution in [0.1, 0.15) is 33.4 Å². The van der Waals surface area contributed by atoms with Gasteiger partial charge in [0.15, 0.2) is 0 Å². The summed E-state index contributed by atoms with van der Waals surface area (Å²) in [5, 5.41) is 2.14. The van der Waals surface area contributed by atoms with E-state index in [1.165, 1.54) is 33.4 Å². The molecule has 1 saturated carbocycles. The van der Waals surface area contributed by atoms with Crippen molar-refractivity contribution in [1.29, 1.82) is 0 Å². The molecular weight excluding hydrogens is 662 g/mol. The maximum absolute atomic E-state index is 2.40. The number of rotatable bonds is 10. The van der Waals surface area contributed by atoms with Crippen molar-refractivity contribution in [3.05, 3.63) is 221 Å². The summed E-state index contributed by atoms with van der Waals surface area (Å²) in [7, 11) is 0. The van der Waals surface area contributed by atoms with Crippen LogP contribution >= 0.6 is 0 Å². The van der Waals surface area contributed by atoms with E-state index in [1.54, 1.807) is 10.0 Å². The quantitative estimate of drug-likeness (QED) is 0.126. The summed E-state index contributed by atoms with van der Waals surface area (Å²) < 4.78 is 1.41. The summed E-state index contributed by atoms with van der Waals surface area (Å²) in [6.07, 6.45) is 0. The zero-order valence-corrected chi connectivity index (χ0v) is 28.0. The van der Waals surface area contributed by atoms with Gasteiger partial charge in [0.05, 0.1) is 0 Å². The molecule has 7 rings (SSSR count). The average molecular weight is 697 g/mol. The topological polar surface area (TPSA) is 0 Å². The molecule has 0 aliphatic heterocycles. The molecule has 0 nitrogen and oxygen atoms in total. The molecule has 1 fully saturated rings. The van der Waals surface area contributed by atoms with Gasteiger partial charge in [-0.2, -0.15) is 0 Å². The summed E-state index contributed by atoms with van der Waals surface area (Å²) in [6.45, 7) is 0. The van der Waals surface area contributed by atoms with E-state index >= 15 is 0 Å².